The fraction of sp³-hybridized carbons (Fsp3) is 0.304. The zero-order valence-corrected chi connectivity index (χ0v) is 17.0. The molecule has 1 fully saturated rings. The molecule has 0 aliphatic carbocycles. The van der Waals surface area contributed by atoms with Crippen molar-refractivity contribution >= 4 is 17.9 Å². The Labute approximate surface area is 171 Å². The van der Waals surface area contributed by atoms with Gasteiger partial charge in [-0.1, -0.05) is 23.8 Å². The minimum atomic E-state index is -0.315. The molecule has 1 saturated heterocycles. The first-order valence-corrected chi connectivity index (χ1v) is 9.63. The van der Waals surface area contributed by atoms with E-state index in [4.69, 9.17) is 9.47 Å². The number of hydrogen-bond acceptors (Lipinski definition) is 4. The standard InChI is InChI=1S/C23H26N2O4/c1-16-6-9-18(10-7-16)22(26)24-19(23(27)25-12-4-5-13-25)14-17-8-11-20(28-2)21(15-17)29-3/h6-11,14-15H,4-5,12-13H2,1-3H3,(H,24,26)/b19-14-. The molecule has 1 heterocycles. The van der Waals surface area contributed by atoms with Crippen LogP contribution in [0, 0.1) is 6.92 Å². The third-order valence-corrected chi connectivity index (χ3v) is 4.90. The molecule has 2 amide bonds. The maximum Gasteiger partial charge on any atom is 0.270 e. The van der Waals surface area contributed by atoms with Gasteiger partial charge in [0.1, 0.15) is 5.70 Å². The van der Waals surface area contributed by atoms with Crippen LogP contribution in [-0.4, -0.2) is 44.0 Å². The van der Waals surface area contributed by atoms with Crippen LogP contribution >= 0.6 is 0 Å². The highest BCUT2D eigenvalue weighted by molar-refractivity contribution is 6.05. The van der Waals surface area contributed by atoms with E-state index in [1.165, 1.54) is 0 Å². The number of likely N-dealkylation sites (tertiary alicyclic amines) is 1. The highest BCUT2D eigenvalue weighted by Gasteiger charge is 2.23. The summed E-state index contributed by atoms with van der Waals surface area (Å²) in [6.07, 6.45) is 3.62. The Morgan fingerprint density at radius 3 is 2.24 bits per heavy atom. The molecule has 2 aromatic rings. The molecule has 1 aliphatic heterocycles. The molecule has 0 spiro atoms. The number of aryl methyl sites for hydroxylation is 1. The zero-order chi connectivity index (χ0) is 20.8. The van der Waals surface area contributed by atoms with Crippen LogP contribution in [0.2, 0.25) is 0 Å². The van der Waals surface area contributed by atoms with Crippen LogP contribution in [0.15, 0.2) is 48.2 Å². The van der Waals surface area contributed by atoms with Crippen molar-refractivity contribution in [2.24, 2.45) is 0 Å². The van der Waals surface area contributed by atoms with Crippen molar-refractivity contribution in [2.45, 2.75) is 19.8 Å². The highest BCUT2D eigenvalue weighted by Crippen LogP contribution is 2.28. The number of rotatable bonds is 6. The van der Waals surface area contributed by atoms with E-state index >= 15 is 0 Å². The average molecular weight is 394 g/mol. The molecular weight excluding hydrogens is 368 g/mol. The molecule has 6 nitrogen and oxygen atoms in total. The molecule has 6 heteroatoms. The lowest BCUT2D eigenvalue weighted by Gasteiger charge is -2.18. The molecule has 0 unspecified atom stereocenters. The van der Waals surface area contributed by atoms with E-state index in [9.17, 15) is 9.59 Å². The molecule has 0 radical (unpaired) electrons. The number of nitrogens with one attached hydrogen (secondary N) is 1. The molecule has 0 aromatic heterocycles. The van der Waals surface area contributed by atoms with Crippen LogP contribution in [-0.2, 0) is 4.79 Å². The predicted octanol–water partition coefficient (Wildman–Crippen LogP) is 3.41. The first-order valence-electron chi connectivity index (χ1n) is 9.63. The van der Waals surface area contributed by atoms with Crippen LogP contribution in [0.1, 0.15) is 34.3 Å². The number of ether oxygens (including phenoxy) is 2. The van der Waals surface area contributed by atoms with Crippen molar-refractivity contribution in [3.05, 3.63) is 64.9 Å². The number of benzene rings is 2. The van der Waals surface area contributed by atoms with E-state index in [1.807, 2.05) is 25.1 Å². The van der Waals surface area contributed by atoms with Gasteiger partial charge in [-0.3, -0.25) is 9.59 Å². The van der Waals surface area contributed by atoms with Gasteiger partial charge < -0.3 is 19.7 Å². The molecule has 2 aromatic carbocycles. The van der Waals surface area contributed by atoms with Gasteiger partial charge in [-0.15, -0.1) is 0 Å². The van der Waals surface area contributed by atoms with Gasteiger partial charge >= 0.3 is 0 Å². The van der Waals surface area contributed by atoms with Crippen molar-refractivity contribution in [1.82, 2.24) is 10.2 Å². The van der Waals surface area contributed by atoms with Gasteiger partial charge in [0.2, 0.25) is 0 Å². The Morgan fingerprint density at radius 2 is 1.62 bits per heavy atom. The summed E-state index contributed by atoms with van der Waals surface area (Å²) >= 11 is 0. The number of carbonyl (C=O) groups is 2. The Kier molecular flexibility index (Phi) is 6.54. The third-order valence-electron chi connectivity index (χ3n) is 4.90. The van der Waals surface area contributed by atoms with E-state index < -0.39 is 0 Å². The quantitative estimate of drug-likeness (QED) is 0.763. The molecule has 0 atom stereocenters. The molecule has 152 valence electrons. The monoisotopic (exact) mass is 394 g/mol. The highest BCUT2D eigenvalue weighted by atomic mass is 16.5. The summed E-state index contributed by atoms with van der Waals surface area (Å²) < 4.78 is 10.6. The van der Waals surface area contributed by atoms with Gasteiger partial charge in [0.15, 0.2) is 11.5 Å². The average Bonchev–Trinajstić information content (AvgIpc) is 3.28. The van der Waals surface area contributed by atoms with Crippen LogP contribution in [0.25, 0.3) is 6.08 Å². The summed E-state index contributed by atoms with van der Waals surface area (Å²) in [6.45, 7) is 3.35. The Bertz CT molecular complexity index is 913. The summed E-state index contributed by atoms with van der Waals surface area (Å²) in [7, 11) is 3.12. The molecule has 1 aliphatic rings. The number of hydrogen-bond donors (Lipinski definition) is 1. The largest absolute Gasteiger partial charge is 0.493 e. The summed E-state index contributed by atoms with van der Waals surface area (Å²) in [5, 5.41) is 2.80. The van der Waals surface area contributed by atoms with Gasteiger partial charge in [0.05, 0.1) is 14.2 Å². The number of methoxy groups -OCH3 is 2. The van der Waals surface area contributed by atoms with Gasteiger partial charge in [-0.25, -0.2) is 0 Å². The Balaban J connectivity index is 1.92. The van der Waals surface area contributed by atoms with Gasteiger partial charge in [-0.2, -0.15) is 0 Å². The molecule has 3 rings (SSSR count). The molecule has 0 bridgehead atoms. The fourth-order valence-electron chi connectivity index (χ4n) is 3.25. The second kappa shape index (κ2) is 9.28. The second-order valence-electron chi connectivity index (χ2n) is 6.99. The minimum absolute atomic E-state index is 0.183. The van der Waals surface area contributed by atoms with Gasteiger partial charge in [0, 0.05) is 18.7 Å². The summed E-state index contributed by atoms with van der Waals surface area (Å²) in [4.78, 5) is 27.5. The van der Waals surface area contributed by atoms with Crippen molar-refractivity contribution in [3.63, 3.8) is 0 Å². The maximum absolute atomic E-state index is 13.0. The lowest BCUT2D eigenvalue weighted by atomic mass is 10.1. The number of nitrogens with zero attached hydrogens (tertiary/aromatic N) is 1. The molecule has 29 heavy (non-hydrogen) atoms. The minimum Gasteiger partial charge on any atom is -0.493 e. The van der Waals surface area contributed by atoms with E-state index in [0.29, 0.717) is 30.2 Å². The summed E-state index contributed by atoms with van der Waals surface area (Å²) in [5.41, 5.74) is 2.54. The smallest absolute Gasteiger partial charge is 0.270 e. The Hall–Kier alpha value is -3.28. The first kappa shape index (κ1) is 20.5. The van der Waals surface area contributed by atoms with Crippen LogP contribution in [0.3, 0.4) is 0 Å². The first-order chi connectivity index (χ1) is 14.0. The van der Waals surface area contributed by atoms with Crippen molar-refractivity contribution in [2.75, 3.05) is 27.3 Å². The molecular formula is C23H26N2O4. The lowest BCUT2D eigenvalue weighted by molar-refractivity contribution is -0.126. The van der Waals surface area contributed by atoms with Crippen LogP contribution < -0.4 is 14.8 Å². The third kappa shape index (κ3) is 4.96. The number of carbonyl (C=O) groups excluding carboxylic acids is 2. The molecule has 0 saturated carbocycles. The maximum atomic E-state index is 13.0. The van der Waals surface area contributed by atoms with E-state index in [-0.39, 0.29) is 17.5 Å². The van der Waals surface area contributed by atoms with Gasteiger partial charge in [-0.05, 0) is 55.7 Å². The van der Waals surface area contributed by atoms with E-state index in [1.54, 1.807) is 49.5 Å². The van der Waals surface area contributed by atoms with E-state index in [0.717, 1.165) is 24.0 Å². The van der Waals surface area contributed by atoms with Crippen molar-refractivity contribution in [1.29, 1.82) is 0 Å². The van der Waals surface area contributed by atoms with E-state index in [2.05, 4.69) is 5.32 Å². The SMILES string of the molecule is COc1ccc(/C=C(\NC(=O)c2ccc(C)cc2)C(=O)N2CCCC2)cc1OC. The van der Waals surface area contributed by atoms with Crippen LogP contribution in [0.5, 0.6) is 11.5 Å². The van der Waals surface area contributed by atoms with Crippen molar-refractivity contribution < 1.29 is 19.1 Å². The normalized spacial score (nSPS) is 13.9. The van der Waals surface area contributed by atoms with Gasteiger partial charge in [0.25, 0.3) is 11.8 Å². The summed E-state index contributed by atoms with van der Waals surface area (Å²) in [5.74, 6) is 0.655. The fourth-order valence-corrected chi connectivity index (χ4v) is 3.25. The summed E-state index contributed by atoms with van der Waals surface area (Å²) in [6, 6.07) is 12.6. The lowest BCUT2D eigenvalue weighted by Crippen LogP contribution is -2.36. The van der Waals surface area contributed by atoms with Crippen molar-refractivity contribution in [3.8, 4) is 11.5 Å². The number of amides is 2. The second-order valence-corrected chi connectivity index (χ2v) is 6.99. The Morgan fingerprint density at radius 1 is 0.966 bits per heavy atom. The zero-order valence-electron chi connectivity index (χ0n) is 17.0. The topological polar surface area (TPSA) is 67.9 Å². The molecule has 1 N–H and O–H groups in total. The predicted molar refractivity (Wildman–Crippen MR) is 112 cm³/mol. The van der Waals surface area contributed by atoms with Crippen LogP contribution in [0.4, 0.5) is 0 Å².